The Balaban J connectivity index is 1.89. The van der Waals surface area contributed by atoms with Crippen molar-refractivity contribution in [1.82, 2.24) is 5.32 Å². The van der Waals surface area contributed by atoms with E-state index in [2.05, 4.69) is 5.32 Å². The van der Waals surface area contributed by atoms with Crippen LogP contribution in [0.25, 0.3) is 0 Å². The van der Waals surface area contributed by atoms with Crippen molar-refractivity contribution in [2.24, 2.45) is 0 Å². The second kappa shape index (κ2) is 7.95. The van der Waals surface area contributed by atoms with E-state index in [4.69, 9.17) is 11.6 Å². The molecule has 0 saturated heterocycles. The smallest absolute Gasteiger partial charge is 0.235 e. The van der Waals surface area contributed by atoms with Gasteiger partial charge in [0.25, 0.3) is 0 Å². The van der Waals surface area contributed by atoms with Crippen LogP contribution in [0.3, 0.4) is 0 Å². The van der Waals surface area contributed by atoms with E-state index in [-0.39, 0.29) is 11.9 Å². The predicted octanol–water partition coefficient (Wildman–Crippen LogP) is 3.43. The molecule has 0 radical (unpaired) electrons. The standard InChI is InChI=1S/C16H22ClNO2S/c1-12(16(19)18-14-8-3-2-4-9-14)21(20)11-13-7-5-6-10-15(13)17/h5-7,10,12,14H,2-4,8-9,11H2,1H3,(H,18,19)/t12-,21+/m0/s1. The molecule has 1 aromatic rings. The number of benzene rings is 1. The van der Waals surface area contributed by atoms with E-state index in [0.29, 0.717) is 10.8 Å². The zero-order valence-electron chi connectivity index (χ0n) is 12.3. The molecule has 2 rings (SSSR count). The van der Waals surface area contributed by atoms with Crippen LogP contribution in [0.2, 0.25) is 5.02 Å². The first-order chi connectivity index (χ1) is 10.1. The van der Waals surface area contributed by atoms with Gasteiger partial charge in [-0.05, 0) is 31.4 Å². The Kier molecular flexibility index (Phi) is 6.24. The molecule has 0 aliphatic heterocycles. The molecule has 3 nitrogen and oxygen atoms in total. The highest BCUT2D eigenvalue weighted by atomic mass is 35.5. The summed E-state index contributed by atoms with van der Waals surface area (Å²) in [4.78, 5) is 12.2. The van der Waals surface area contributed by atoms with Crippen LogP contribution >= 0.6 is 11.6 Å². The maximum absolute atomic E-state index is 12.3. The monoisotopic (exact) mass is 327 g/mol. The summed E-state index contributed by atoms with van der Waals surface area (Å²) in [6.07, 6.45) is 5.66. The van der Waals surface area contributed by atoms with E-state index >= 15 is 0 Å². The lowest BCUT2D eigenvalue weighted by Crippen LogP contribution is -2.42. The van der Waals surface area contributed by atoms with Crippen LogP contribution < -0.4 is 5.32 Å². The maximum atomic E-state index is 12.3. The molecule has 5 heteroatoms. The second-order valence-electron chi connectivity index (χ2n) is 5.60. The summed E-state index contributed by atoms with van der Waals surface area (Å²) in [6, 6.07) is 7.59. The van der Waals surface area contributed by atoms with Crippen LogP contribution in [0.15, 0.2) is 24.3 Å². The third-order valence-electron chi connectivity index (χ3n) is 3.97. The summed E-state index contributed by atoms with van der Waals surface area (Å²) < 4.78 is 12.3. The van der Waals surface area contributed by atoms with Crippen LogP contribution in [0.1, 0.15) is 44.6 Å². The van der Waals surface area contributed by atoms with Gasteiger partial charge in [0.05, 0.1) is 5.75 Å². The van der Waals surface area contributed by atoms with Crippen LogP contribution in [0.4, 0.5) is 0 Å². The number of carbonyl (C=O) groups excluding carboxylic acids is 1. The van der Waals surface area contributed by atoms with E-state index < -0.39 is 16.0 Å². The average Bonchev–Trinajstić information content (AvgIpc) is 2.49. The van der Waals surface area contributed by atoms with E-state index in [1.165, 1.54) is 19.3 Å². The van der Waals surface area contributed by atoms with E-state index in [0.717, 1.165) is 18.4 Å². The van der Waals surface area contributed by atoms with Gasteiger partial charge in [-0.1, -0.05) is 49.1 Å². The largest absolute Gasteiger partial charge is 0.352 e. The van der Waals surface area contributed by atoms with Gasteiger partial charge in [0.1, 0.15) is 5.25 Å². The van der Waals surface area contributed by atoms with Crippen LogP contribution in [0, 0.1) is 0 Å². The van der Waals surface area contributed by atoms with Crippen molar-refractivity contribution < 1.29 is 9.00 Å². The van der Waals surface area contributed by atoms with Gasteiger partial charge < -0.3 is 5.32 Å². The topological polar surface area (TPSA) is 46.2 Å². The highest BCUT2D eigenvalue weighted by Crippen LogP contribution is 2.19. The zero-order chi connectivity index (χ0) is 15.2. The number of rotatable bonds is 5. The summed E-state index contributed by atoms with van der Waals surface area (Å²) in [5.74, 6) is 0.214. The number of carbonyl (C=O) groups is 1. The Morgan fingerprint density at radius 2 is 2.00 bits per heavy atom. The predicted molar refractivity (Wildman–Crippen MR) is 87.8 cm³/mol. The summed E-state index contributed by atoms with van der Waals surface area (Å²) in [6.45, 7) is 1.73. The molecule has 1 aliphatic carbocycles. The van der Waals surface area contributed by atoms with Gasteiger partial charge in [-0.3, -0.25) is 9.00 Å². The number of hydrogen-bond donors (Lipinski definition) is 1. The fourth-order valence-corrected chi connectivity index (χ4v) is 3.98. The summed E-state index contributed by atoms with van der Waals surface area (Å²) in [5.41, 5.74) is 0.829. The molecule has 0 heterocycles. The molecule has 0 bridgehead atoms. The Hall–Kier alpha value is -0.870. The van der Waals surface area contributed by atoms with Gasteiger partial charge in [0.15, 0.2) is 0 Å². The lowest BCUT2D eigenvalue weighted by molar-refractivity contribution is -0.121. The quantitative estimate of drug-likeness (QED) is 0.900. The third kappa shape index (κ3) is 4.82. The molecule has 1 saturated carbocycles. The molecule has 1 fully saturated rings. The van der Waals surface area contributed by atoms with Crippen molar-refractivity contribution in [2.75, 3.05) is 0 Å². The summed E-state index contributed by atoms with van der Waals surface area (Å²) in [7, 11) is -1.26. The number of halogens is 1. The second-order valence-corrected chi connectivity index (χ2v) is 7.77. The van der Waals surface area contributed by atoms with Crippen molar-refractivity contribution in [1.29, 1.82) is 0 Å². The summed E-state index contributed by atoms with van der Waals surface area (Å²) >= 11 is 6.07. The first-order valence-electron chi connectivity index (χ1n) is 7.49. The highest BCUT2D eigenvalue weighted by molar-refractivity contribution is 7.85. The van der Waals surface area contributed by atoms with Crippen LogP contribution in [0.5, 0.6) is 0 Å². The van der Waals surface area contributed by atoms with Crippen molar-refractivity contribution in [3.63, 3.8) is 0 Å². The summed E-state index contributed by atoms with van der Waals surface area (Å²) in [5, 5.41) is 3.13. The Morgan fingerprint density at radius 1 is 1.33 bits per heavy atom. The number of amides is 1. The van der Waals surface area contributed by atoms with Gasteiger partial charge in [-0.15, -0.1) is 0 Å². The fraction of sp³-hybridized carbons (Fsp3) is 0.562. The Morgan fingerprint density at radius 3 is 2.67 bits per heavy atom. The lowest BCUT2D eigenvalue weighted by Gasteiger charge is -2.24. The van der Waals surface area contributed by atoms with Crippen molar-refractivity contribution in [2.45, 2.75) is 56.1 Å². The van der Waals surface area contributed by atoms with Crippen LogP contribution in [-0.4, -0.2) is 21.4 Å². The molecule has 0 unspecified atom stereocenters. The molecule has 1 amide bonds. The lowest BCUT2D eigenvalue weighted by atomic mass is 9.95. The molecular weight excluding hydrogens is 306 g/mol. The number of nitrogens with one attached hydrogen (secondary N) is 1. The van der Waals surface area contributed by atoms with E-state index in [1.807, 2.05) is 18.2 Å². The molecule has 1 aromatic carbocycles. The van der Waals surface area contributed by atoms with E-state index in [1.54, 1.807) is 13.0 Å². The molecule has 1 N–H and O–H groups in total. The molecule has 0 aromatic heterocycles. The Labute approximate surface area is 133 Å². The molecule has 1 aliphatic rings. The van der Waals surface area contributed by atoms with Gasteiger partial charge in [0.2, 0.25) is 5.91 Å². The van der Waals surface area contributed by atoms with Crippen molar-refractivity contribution in [3.8, 4) is 0 Å². The molecule has 0 spiro atoms. The van der Waals surface area contributed by atoms with Gasteiger partial charge >= 0.3 is 0 Å². The molecule has 2 atom stereocenters. The SMILES string of the molecule is C[C@@H](C(=O)NC1CCCCC1)[S@](=O)Cc1ccccc1Cl. The average molecular weight is 328 g/mol. The van der Waals surface area contributed by atoms with E-state index in [9.17, 15) is 9.00 Å². The van der Waals surface area contributed by atoms with Crippen molar-refractivity contribution >= 4 is 28.3 Å². The van der Waals surface area contributed by atoms with Gasteiger partial charge in [0, 0.05) is 21.9 Å². The highest BCUT2D eigenvalue weighted by Gasteiger charge is 2.24. The molecule has 21 heavy (non-hydrogen) atoms. The fourth-order valence-electron chi connectivity index (χ4n) is 2.58. The van der Waals surface area contributed by atoms with Crippen LogP contribution in [-0.2, 0) is 21.3 Å². The number of hydrogen-bond acceptors (Lipinski definition) is 2. The first-order valence-corrected chi connectivity index (χ1v) is 9.25. The maximum Gasteiger partial charge on any atom is 0.235 e. The van der Waals surface area contributed by atoms with Crippen molar-refractivity contribution in [3.05, 3.63) is 34.9 Å². The normalized spacial score (nSPS) is 19.0. The minimum atomic E-state index is -1.26. The molecule has 116 valence electrons. The third-order valence-corrected chi connectivity index (χ3v) is 5.94. The first kappa shape index (κ1) is 16.5. The van der Waals surface area contributed by atoms with Gasteiger partial charge in [-0.25, -0.2) is 0 Å². The minimum Gasteiger partial charge on any atom is -0.352 e. The van der Waals surface area contributed by atoms with Gasteiger partial charge in [-0.2, -0.15) is 0 Å². The minimum absolute atomic E-state index is 0.104. The Bertz CT molecular complexity index is 515. The molecular formula is C16H22ClNO2S. The zero-order valence-corrected chi connectivity index (χ0v) is 13.9.